The minimum Gasteiger partial charge on any atom is -0.391 e. The van der Waals surface area contributed by atoms with Gasteiger partial charge in [-0.2, -0.15) is 0 Å². The van der Waals surface area contributed by atoms with Gasteiger partial charge in [-0.3, -0.25) is 14.4 Å². The Labute approximate surface area is 154 Å². The van der Waals surface area contributed by atoms with Crippen LogP contribution in [-0.2, 0) is 14.4 Å². The Morgan fingerprint density at radius 2 is 1.58 bits per heavy atom. The highest BCUT2D eigenvalue weighted by atomic mass is 16.3. The van der Waals surface area contributed by atoms with E-state index in [-0.39, 0.29) is 24.2 Å². The number of Topliss-reactive ketones (excluding diaryl/α,β-unsaturated/α-hetero) is 1. The SMILES string of the molecule is CC(C)C(=O)[C@H](CN)NC(=O)[C@@H](NC(=O)C(O)C1CCCCC1)C(C)O. The summed E-state index contributed by atoms with van der Waals surface area (Å²) in [6, 6.07) is -2.15. The van der Waals surface area contributed by atoms with E-state index in [0.29, 0.717) is 0 Å². The van der Waals surface area contributed by atoms with Gasteiger partial charge in [-0.25, -0.2) is 0 Å². The van der Waals surface area contributed by atoms with Crippen LogP contribution in [-0.4, -0.2) is 58.6 Å². The first-order chi connectivity index (χ1) is 12.2. The molecule has 1 aliphatic carbocycles. The highest BCUT2D eigenvalue weighted by Crippen LogP contribution is 2.26. The standard InChI is InChI=1S/C18H33N3O5/c1-10(2)15(23)13(9-19)20-17(25)14(11(3)22)21-18(26)16(24)12-7-5-4-6-8-12/h10-14,16,22,24H,4-9,19H2,1-3H3,(H,20,25)(H,21,26)/t11?,13-,14-,16?/m0/s1. The first-order valence-corrected chi connectivity index (χ1v) is 9.39. The van der Waals surface area contributed by atoms with Crippen molar-refractivity contribution in [1.29, 1.82) is 0 Å². The zero-order valence-corrected chi connectivity index (χ0v) is 15.9. The second kappa shape index (κ2) is 10.6. The third kappa shape index (κ3) is 6.34. The fourth-order valence-electron chi connectivity index (χ4n) is 3.22. The van der Waals surface area contributed by atoms with Gasteiger partial charge in [0, 0.05) is 12.5 Å². The summed E-state index contributed by atoms with van der Waals surface area (Å²) in [6.45, 7) is 4.68. The van der Waals surface area contributed by atoms with E-state index in [9.17, 15) is 24.6 Å². The van der Waals surface area contributed by atoms with Crippen molar-refractivity contribution in [3.63, 3.8) is 0 Å². The Balaban J connectivity index is 2.73. The predicted molar refractivity (Wildman–Crippen MR) is 97.0 cm³/mol. The number of rotatable bonds is 9. The minimum atomic E-state index is -1.27. The Bertz CT molecular complexity index is 489. The summed E-state index contributed by atoms with van der Waals surface area (Å²) in [5.41, 5.74) is 5.56. The monoisotopic (exact) mass is 371 g/mol. The zero-order valence-electron chi connectivity index (χ0n) is 15.9. The number of carbonyl (C=O) groups is 3. The summed E-state index contributed by atoms with van der Waals surface area (Å²) in [7, 11) is 0. The number of nitrogens with one attached hydrogen (secondary N) is 2. The van der Waals surface area contributed by atoms with E-state index in [0.717, 1.165) is 32.1 Å². The summed E-state index contributed by atoms with van der Waals surface area (Å²) in [4.78, 5) is 36.8. The van der Waals surface area contributed by atoms with Crippen molar-refractivity contribution >= 4 is 17.6 Å². The largest absolute Gasteiger partial charge is 0.391 e. The number of nitrogens with two attached hydrogens (primary N) is 1. The topological polar surface area (TPSA) is 142 Å². The van der Waals surface area contributed by atoms with Crippen molar-refractivity contribution in [2.24, 2.45) is 17.6 Å². The Kier molecular flexibility index (Phi) is 9.18. The second-order valence-electron chi connectivity index (χ2n) is 7.42. The van der Waals surface area contributed by atoms with E-state index < -0.39 is 36.1 Å². The van der Waals surface area contributed by atoms with Crippen LogP contribution in [0.2, 0.25) is 0 Å². The molecule has 1 fully saturated rings. The van der Waals surface area contributed by atoms with E-state index in [1.54, 1.807) is 13.8 Å². The van der Waals surface area contributed by atoms with Crippen molar-refractivity contribution in [2.75, 3.05) is 6.54 Å². The lowest BCUT2D eigenvalue weighted by Gasteiger charge is -2.29. The molecule has 1 aliphatic rings. The Morgan fingerprint density at radius 3 is 2.04 bits per heavy atom. The molecule has 0 aromatic carbocycles. The van der Waals surface area contributed by atoms with Gasteiger partial charge in [-0.05, 0) is 25.7 Å². The molecule has 2 amide bonds. The van der Waals surface area contributed by atoms with Crippen LogP contribution < -0.4 is 16.4 Å². The quantitative estimate of drug-likeness (QED) is 0.369. The number of hydrogen-bond acceptors (Lipinski definition) is 6. The lowest BCUT2D eigenvalue weighted by Crippen LogP contribution is -2.59. The van der Waals surface area contributed by atoms with Crippen LogP contribution in [0.25, 0.3) is 0 Å². The molecule has 2 unspecified atom stereocenters. The van der Waals surface area contributed by atoms with Crippen LogP contribution in [0.4, 0.5) is 0 Å². The van der Waals surface area contributed by atoms with E-state index in [2.05, 4.69) is 10.6 Å². The molecular weight excluding hydrogens is 338 g/mol. The van der Waals surface area contributed by atoms with Crippen molar-refractivity contribution in [3.8, 4) is 0 Å². The second-order valence-corrected chi connectivity index (χ2v) is 7.42. The van der Waals surface area contributed by atoms with Crippen molar-refractivity contribution in [3.05, 3.63) is 0 Å². The lowest BCUT2D eigenvalue weighted by atomic mass is 9.85. The summed E-state index contributed by atoms with van der Waals surface area (Å²) >= 11 is 0. The van der Waals surface area contributed by atoms with Crippen LogP contribution in [0.3, 0.4) is 0 Å². The number of carbonyl (C=O) groups excluding carboxylic acids is 3. The molecule has 8 heteroatoms. The molecule has 0 heterocycles. The number of aliphatic hydroxyl groups is 2. The molecule has 4 atom stereocenters. The molecule has 0 radical (unpaired) electrons. The fourth-order valence-corrected chi connectivity index (χ4v) is 3.22. The maximum absolute atomic E-state index is 12.4. The smallest absolute Gasteiger partial charge is 0.249 e. The van der Waals surface area contributed by atoms with Gasteiger partial charge in [0.15, 0.2) is 5.78 Å². The number of ketones is 1. The Morgan fingerprint density at radius 1 is 1.00 bits per heavy atom. The summed E-state index contributed by atoms with van der Waals surface area (Å²) in [6.07, 6.45) is 2.14. The van der Waals surface area contributed by atoms with Gasteiger partial charge in [-0.1, -0.05) is 33.1 Å². The van der Waals surface area contributed by atoms with E-state index in [4.69, 9.17) is 5.73 Å². The van der Waals surface area contributed by atoms with Gasteiger partial charge in [0.2, 0.25) is 11.8 Å². The van der Waals surface area contributed by atoms with E-state index in [1.807, 2.05) is 0 Å². The average Bonchev–Trinajstić information content (AvgIpc) is 2.62. The van der Waals surface area contributed by atoms with Crippen LogP contribution in [0.1, 0.15) is 52.9 Å². The minimum absolute atomic E-state index is 0.0755. The van der Waals surface area contributed by atoms with Crippen LogP contribution in [0.15, 0.2) is 0 Å². The van der Waals surface area contributed by atoms with Crippen molar-refractivity contribution < 1.29 is 24.6 Å². The molecule has 150 valence electrons. The molecule has 0 bridgehead atoms. The number of amides is 2. The number of aliphatic hydroxyl groups excluding tert-OH is 2. The first-order valence-electron chi connectivity index (χ1n) is 9.39. The highest BCUT2D eigenvalue weighted by molar-refractivity contribution is 5.94. The van der Waals surface area contributed by atoms with Crippen LogP contribution in [0.5, 0.6) is 0 Å². The molecule has 26 heavy (non-hydrogen) atoms. The predicted octanol–water partition coefficient (Wildman–Crippen LogP) is -0.538. The summed E-state index contributed by atoms with van der Waals surface area (Å²) < 4.78 is 0. The van der Waals surface area contributed by atoms with Gasteiger partial charge in [0.1, 0.15) is 12.1 Å². The first kappa shape index (κ1) is 22.5. The summed E-state index contributed by atoms with van der Waals surface area (Å²) in [5.74, 6) is -2.05. The lowest BCUT2D eigenvalue weighted by molar-refractivity contribution is -0.139. The zero-order chi connectivity index (χ0) is 19.9. The van der Waals surface area contributed by atoms with Gasteiger partial charge in [-0.15, -0.1) is 0 Å². The molecule has 0 aliphatic heterocycles. The molecule has 8 nitrogen and oxygen atoms in total. The molecule has 1 saturated carbocycles. The highest BCUT2D eigenvalue weighted by Gasteiger charge is 2.34. The molecule has 0 saturated heterocycles. The molecule has 0 aromatic rings. The maximum Gasteiger partial charge on any atom is 0.249 e. The normalized spacial score (nSPS) is 20.1. The van der Waals surface area contributed by atoms with E-state index >= 15 is 0 Å². The number of hydrogen-bond donors (Lipinski definition) is 5. The average molecular weight is 371 g/mol. The van der Waals surface area contributed by atoms with Gasteiger partial charge >= 0.3 is 0 Å². The van der Waals surface area contributed by atoms with Gasteiger partial charge in [0.25, 0.3) is 0 Å². The van der Waals surface area contributed by atoms with Gasteiger partial charge < -0.3 is 26.6 Å². The molecular formula is C18H33N3O5. The third-order valence-electron chi connectivity index (χ3n) is 4.89. The van der Waals surface area contributed by atoms with Crippen molar-refractivity contribution in [2.45, 2.75) is 77.2 Å². The fraction of sp³-hybridized carbons (Fsp3) is 0.833. The van der Waals surface area contributed by atoms with E-state index in [1.165, 1.54) is 6.92 Å². The maximum atomic E-state index is 12.4. The van der Waals surface area contributed by atoms with Crippen molar-refractivity contribution in [1.82, 2.24) is 10.6 Å². The van der Waals surface area contributed by atoms with Crippen LogP contribution in [0, 0.1) is 11.8 Å². The molecule has 0 spiro atoms. The third-order valence-corrected chi connectivity index (χ3v) is 4.89. The Hall–Kier alpha value is -1.51. The van der Waals surface area contributed by atoms with Crippen LogP contribution >= 0.6 is 0 Å². The molecule has 6 N–H and O–H groups in total. The van der Waals surface area contributed by atoms with Gasteiger partial charge in [0.05, 0.1) is 12.1 Å². The molecule has 0 aromatic heterocycles. The summed E-state index contributed by atoms with van der Waals surface area (Å²) in [5, 5.41) is 25.0. The molecule has 1 rings (SSSR count).